The van der Waals surface area contributed by atoms with Crippen molar-refractivity contribution in [2.24, 2.45) is 0 Å². The Balaban J connectivity index is -0.000000405. The van der Waals surface area contributed by atoms with Crippen molar-refractivity contribution in [2.45, 2.75) is 13.8 Å². The lowest BCUT2D eigenvalue weighted by molar-refractivity contribution is 0.292. The van der Waals surface area contributed by atoms with E-state index >= 15 is 0 Å². The second-order valence-electron chi connectivity index (χ2n) is 1.52. The van der Waals surface area contributed by atoms with Crippen LogP contribution in [0.4, 0.5) is 0 Å². The molecule has 74 valence electrons. The first-order valence-electron chi connectivity index (χ1n) is 3.15. The van der Waals surface area contributed by atoms with E-state index in [0.717, 1.165) is 0 Å². The second kappa shape index (κ2) is 10.5. The molecule has 0 aliphatic carbocycles. The Morgan fingerprint density at radius 3 is 1.33 bits per heavy atom. The predicted octanol–water partition coefficient (Wildman–Crippen LogP) is 1.86. The fourth-order valence-electron chi connectivity index (χ4n) is 0.420. The van der Waals surface area contributed by atoms with Crippen LogP contribution in [0.3, 0.4) is 0 Å². The molecule has 0 spiro atoms. The molecular formula is C6H14Cl2N2O2. The van der Waals surface area contributed by atoms with Gasteiger partial charge in [0, 0.05) is 0 Å². The van der Waals surface area contributed by atoms with Gasteiger partial charge in [-0.25, -0.2) is 0 Å². The van der Waals surface area contributed by atoms with Crippen LogP contribution in [0.5, 0.6) is 0 Å². The van der Waals surface area contributed by atoms with E-state index in [4.69, 9.17) is 10.8 Å². The zero-order valence-electron chi connectivity index (χ0n) is 7.05. The number of halogens is 2. The average Bonchev–Trinajstić information content (AvgIpc) is 1.89. The number of hydrogen-bond acceptors (Lipinski definition) is 4. The van der Waals surface area contributed by atoms with E-state index in [-0.39, 0.29) is 36.6 Å². The van der Waals surface area contributed by atoms with Gasteiger partial charge in [0.25, 0.3) is 11.8 Å². The Morgan fingerprint density at radius 1 is 0.917 bits per heavy atom. The van der Waals surface area contributed by atoms with Crippen molar-refractivity contribution >= 4 is 36.6 Å². The summed E-state index contributed by atoms with van der Waals surface area (Å²) in [7, 11) is 0. The van der Waals surface area contributed by atoms with Crippen LogP contribution in [0.2, 0.25) is 0 Å². The highest BCUT2D eigenvalue weighted by molar-refractivity contribution is 6.32. The Labute approximate surface area is 84.5 Å². The topological polar surface area (TPSA) is 66.2 Å². The molecule has 0 aromatic carbocycles. The van der Waals surface area contributed by atoms with Gasteiger partial charge < -0.3 is 9.47 Å². The Bertz CT molecular complexity index is 126. The van der Waals surface area contributed by atoms with Gasteiger partial charge in [0.2, 0.25) is 0 Å². The van der Waals surface area contributed by atoms with E-state index in [1.165, 1.54) is 0 Å². The average molecular weight is 217 g/mol. The van der Waals surface area contributed by atoms with Gasteiger partial charge >= 0.3 is 0 Å². The van der Waals surface area contributed by atoms with Crippen molar-refractivity contribution in [3.05, 3.63) is 0 Å². The number of nitrogens with one attached hydrogen (secondary N) is 2. The molecule has 0 fully saturated rings. The Morgan fingerprint density at radius 2 is 1.17 bits per heavy atom. The van der Waals surface area contributed by atoms with Crippen LogP contribution in [-0.4, -0.2) is 25.0 Å². The highest BCUT2D eigenvalue weighted by Gasteiger charge is 2.04. The van der Waals surface area contributed by atoms with Gasteiger partial charge in [-0.2, -0.15) is 0 Å². The summed E-state index contributed by atoms with van der Waals surface area (Å²) in [6.07, 6.45) is 0. The molecule has 0 aromatic rings. The summed E-state index contributed by atoms with van der Waals surface area (Å²) in [6, 6.07) is 0. The van der Waals surface area contributed by atoms with E-state index in [2.05, 4.69) is 9.47 Å². The quantitative estimate of drug-likeness (QED) is 0.547. The van der Waals surface area contributed by atoms with Crippen molar-refractivity contribution in [2.75, 3.05) is 13.2 Å². The van der Waals surface area contributed by atoms with Crippen LogP contribution in [0.15, 0.2) is 0 Å². The maximum absolute atomic E-state index is 7.03. The SMILES string of the molecule is CCOC(=N)C(=N)OCC.Cl.Cl. The molecule has 6 heteroatoms. The third-order valence-electron chi connectivity index (χ3n) is 0.784. The van der Waals surface area contributed by atoms with Crippen LogP contribution in [0.25, 0.3) is 0 Å². The van der Waals surface area contributed by atoms with Crippen molar-refractivity contribution in [3.63, 3.8) is 0 Å². The molecule has 0 heterocycles. The molecule has 0 aromatic heterocycles. The molecule has 0 unspecified atom stereocenters. The lowest BCUT2D eigenvalue weighted by atomic mass is 10.6. The molecule has 0 saturated carbocycles. The maximum atomic E-state index is 7.03. The molecule has 0 amide bonds. The first-order valence-corrected chi connectivity index (χ1v) is 3.15. The molecule has 0 radical (unpaired) electrons. The second-order valence-corrected chi connectivity index (χ2v) is 1.52. The molecule has 4 nitrogen and oxygen atoms in total. The molecular weight excluding hydrogens is 203 g/mol. The normalized spacial score (nSPS) is 7.17. The van der Waals surface area contributed by atoms with Crippen LogP contribution < -0.4 is 0 Å². The van der Waals surface area contributed by atoms with E-state index < -0.39 is 0 Å². The lowest BCUT2D eigenvalue weighted by Gasteiger charge is -2.05. The van der Waals surface area contributed by atoms with Gasteiger partial charge in [-0.15, -0.1) is 24.8 Å². The largest absolute Gasteiger partial charge is 0.475 e. The van der Waals surface area contributed by atoms with E-state index in [9.17, 15) is 0 Å². The highest BCUT2D eigenvalue weighted by Crippen LogP contribution is 1.84. The summed E-state index contributed by atoms with van der Waals surface area (Å²) in [4.78, 5) is 0. The third kappa shape index (κ3) is 7.63. The fraction of sp³-hybridized carbons (Fsp3) is 0.667. The summed E-state index contributed by atoms with van der Waals surface area (Å²) >= 11 is 0. The molecule has 0 bridgehead atoms. The number of hydrogen-bond donors (Lipinski definition) is 2. The first kappa shape index (κ1) is 17.6. The lowest BCUT2D eigenvalue weighted by Crippen LogP contribution is -2.18. The van der Waals surface area contributed by atoms with Crippen LogP contribution >= 0.6 is 24.8 Å². The Hall–Kier alpha value is -0.480. The summed E-state index contributed by atoms with van der Waals surface area (Å²) in [5.74, 6) is -0.409. The van der Waals surface area contributed by atoms with E-state index in [1.807, 2.05) is 0 Å². The zero-order chi connectivity index (χ0) is 7.98. The molecule has 0 aliphatic rings. The van der Waals surface area contributed by atoms with E-state index in [0.29, 0.717) is 13.2 Å². The van der Waals surface area contributed by atoms with E-state index in [1.54, 1.807) is 13.8 Å². The number of ether oxygens (including phenoxy) is 2. The molecule has 0 rings (SSSR count). The molecule has 0 atom stereocenters. The van der Waals surface area contributed by atoms with Gasteiger partial charge in [-0.3, -0.25) is 10.8 Å². The van der Waals surface area contributed by atoms with Crippen molar-refractivity contribution in [1.29, 1.82) is 10.8 Å². The van der Waals surface area contributed by atoms with Crippen molar-refractivity contribution in [3.8, 4) is 0 Å². The van der Waals surface area contributed by atoms with Crippen LogP contribution in [-0.2, 0) is 9.47 Å². The summed E-state index contributed by atoms with van der Waals surface area (Å²) in [5.41, 5.74) is 0. The molecule has 2 N–H and O–H groups in total. The molecule has 12 heavy (non-hydrogen) atoms. The fourth-order valence-corrected chi connectivity index (χ4v) is 0.420. The van der Waals surface area contributed by atoms with Gasteiger partial charge in [0.1, 0.15) is 0 Å². The van der Waals surface area contributed by atoms with Crippen molar-refractivity contribution < 1.29 is 9.47 Å². The van der Waals surface area contributed by atoms with Crippen molar-refractivity contribution in [1.82, 2.24) is 0 Å². The third-order valence-corrected chi connectivity index (χ3v) is 0.784. The zero-order valence-corrected chi connectivity index (χ0v) is 8.68. The minimum Gasteiger partial charge on any atom is -0.475 e. The summed E-state index contributed by atoms with van der Waals surface area (Å²) < 4.78 is 9.38. The Kier molecular flexibility index (Phi) is 15.4. The minimum atomic E-state index is -0.204. The molecule has 0 aliphatic heterocycles. The first-order chi connectivity index (χ1) is 4.72. The molecule has 0 saturated heterocycles. The predicted molar refractivity (Wildman–Crippen MR) is 53.2 cm³/mol. The summed E-state index contributed by atoms with van der Waals surface area (Å²) in [5, 5.41) is 14.1. The van der Waals surface area contributed by atoms with Gasteiger partial charge in [-0.1, -0.05) is 0 Å². The van der Waals surface area contributed by atoms with Gasteiger partial charge in [0.05, 0.1) is 13.2 Å². The highest BCUT2D eigenvalue weighted by atomic mass is 35.5. The van der Waals surface area contributed by atoms with Crippen LogP contribution in [0.1, 0.15) is 13.8 Å². The maximum Gasteiger partial charge on any atom is 0.269 e. The monoisotopic (exact) mass is 216 g/mol. The standard InChI is InChI=1S/C6H12N2O2.2ClH/c1-3-9-5(7)6(8)10-4-2;;/h7-8H,3-4H2,1-2H3;2*1H. The minimum absolute atomic E-state index is 0. The summed E-state index contributed by atoms with van der Waals surface area (Å²) in [6.45, 7) is 4.31. The van der Waals surface area contributed by atoms with Crippen LogP contribution in [0, 0.1) is 10.8 Å². The number of rotatable bonds is 2. The smallest absolute Gasteiger partial charge is 0.269 e. The van der Waals surface area contributed by atoms with Gasteiger partial charge in [0.15, 0.2) is 0 Å². The van der Waals surface area contributed by atoms with Gasteiger partial charge in [-0.05, 0) is 13.8 Å².